The summed E-state index contributed by atoms with van der Waals surface area (Å²) >= 11 is 1.31. The van der Waals surface area contributed by atoms with Gasteiger partial charge in [0, 0.05) is 18.1 Å². The fourth-order valence-corrected chi connectivity index (χ4v) is 3.94. The average Bonchev–Trinajstić information content (AvgIpc) is 2.88. The molecule has 1 N–H and O–H groups in total. The smallest absolute Gasteiger partial charge is 0.326 e. The van der Waals surface area contributed by atoms with Gasteiger partial charge in [-0.3, -0.25) is 0 Å². The molecule has 5 nitrogen and oxygen atoms in total. The van der Waals surface area contributed by atoms with Crippen molar-refractivity contribution in [3.8, 4) is 0 Å². The zero-order valence-electron chi connectivity index (χ0n) is 9.67. The fourth-order valence-electron chi connectivity index (χ4n) is 3.22. The van der Waals surface area contributed by atoms with Crippen molar-refractivity contribution in [1.29, 1.82) is 0 Å². The molecule has 1 aromatic heterocycles. The normalized spacial score (nSPS) is 31.8. The van der Waals surface area contributed by atoms with Crippen LogP contribution in [0.4, 0.5) is 5.13 Å². The summed E-state index contributed by atoms with van der Waals surface area (Å²) in [4.78, 5) is 17.7. The van der Waals surface area contributed by atoms with E-state index in [0.29, 0.717) is 11.8 Å². The summed E-state index contributed by atoms with van der Waals surface area (Å²) in [5.41, 5.74) is 0. The molecule has 0 radical (unpaired) electrons. The van der Waals surface area contributed by atoms with Gasteiger partial charge in [-0.25, -0.2) is 9.78 Å². The molecular formula is C11H15N3O2S. The number of carboxylic acid groups (broad SMARTS) is 1. The summed E-state index contributed by atoms with van der Waals surface area (Å²) in [6.45, 7) is 2.67. The van der Waals surface area contributed by atoms with Crippen molar-refractivity contribution in [2.45, 2.75) is 32.2 Å². The van der Waals surface area contributed by atoms with Crippen LogP contribution in [0.5, 0.6) is 0 Å². The van der Waals surface area contributed by atoms with Crippen LogP contribution in [-0.2, 0) is 4.79 Å². The molecule has 1 saturated heterocycles. The number of anilines is 1. The van der Waals surface area contributed by atoms with Gasteiger partial charge in [0.1, 0.15) is 11.9 Å². The maximum atomic E-state index is 11.4. The Hall–Kier alpha value is -1.17. The van der Waals surface area contributed by atoms with Gasteiger partial charge in [0.2, 0.25) is 5.13 Å². The van der Waals surface area contributed by atoms with Gasteiger partial charge in [-0.05, 0) is 31.6 Å². The first-order valence-corrected chi connectivity index (χ1v) is 6.74. The molecule has 3 unspecified atom stereocenters. The maximum absolute atomic E-state index is 11.4. The first-order chi connectivity index (χ1) is 8.16. The minimum Gasteiger partial charge on any atom is -0.480 e. The van der Waals surface area contributed by atoms with Crippen LogP contribution in [0.3, 0.4) is 0 Å². The second-order valence-corrected chi connectivity index (χ2v) is 5.64. The Morgan fingerprint density at radius 1 is 1.53 bits per heavy atom. The first kappa shape index (κ1) is 11.0. The Morgan fingerprint density at radius 3 is 3.00 bits per heavy atom. The number of hydrogen-bond donors (Lipinski definition) is 1. The van der Waals surface area contributed by atoms with Crippen LogP contribution in [0.1, 0.15) is 25.1 Å². The number of nitrogens with zero attached hydrogens (tertiary/aromatic N) is 3. The Balaban J connectivity index is 1.91. The zero-order chi connectivity index (χ0) is 12.0. The van der Waals surface area contributed by atoms with Crippen molar-refractivity contribution in [3.05, 3.63) is 5.82 Å². The van der Waals surface area contributed by atoms with Crippen LogP contribution in [0.15, 0.2) is 0 Å². The SMILES string of the molecule is Cc1nsc(N2CC3CCCC3C2C(=O)O)n1. The van der Waals surface area contributed by atoms with Crippen LogP contribution in [0.25, 0.3) is 0 Å². The van der Waals surface area contributed by atoms with E-state index >= 15 is 0 Å². The molecule has 0 amide bonds. The predicted molar refractivity (Wildman–Crippen MR) is 64.2 cm³/mol. The minimum atomic E-state index is -0.716. The Kier molecular flexibility index (Phi) is 2.54. The van der Waals surface area contributed by atoms with Gasteiger partial charge in [0.15, 0.2) is 0 Å². The molecular weight excluding hydrogens is 238 g/mol. The second kappa shape index (κ2) is 3.94. The van der Waals surface area contributed by atoms with Crippen LogP contribution < -0.4 is 4.90 Å². The molecule has 6 heteroatoms. The molecule has 0 aromatic carbocycles. The van der Waals surface area contributed by atoms with Gasteiger partial charge in [-0.2, -0.15) is 4.37 Å². The second-order valence-electron chi connectivity index (χ2n) is 4.91. The quantitative estimate of drug-likeness (QED) is 0.866. The highest BCUT2D eigenvalue weighted by molar-refractivity contribution is 7.09. The Morgan fingerprint density at radius 2 is 2.35 bits per heavy atom. The number of carboxylic acids is 1. The Labute approximate surface area is 104 Å². The molecule has 0 spiro atoms. The van der Waals surface area contributed by atoms with Crippen LogP contribution in [-0.4, -0.2) is 33.0 Å². The number of aromatic nitrogens is 2. The molecule has 1 aliphatic carbocycles. The molecule has 0 bridgehead atoms. The summed E-state index contributed by atoms with van der Waals surface area (Å²) in [6.07, 6.45) is 3.36. The average molecular weight is 253 g/mol. The van der Waals surface area contributed by atoms with Gasteiger partial charge in [0.25, 0.3) is 0 Å². The number of aryl methyl sites for hydroxylation is 1. The van der Waals surface area contributed by atoms with E-state index in [0.717, 1.165) is 30.3 Å². The molecule has 2 heterocycles. The monoisotopic (exact) mass is 253 g/mol. The highest BCUT2D eigenvalue weighted by Crippen LogP contribution is 2.44. The molecule has 3 atom stereocenters. The molecule has 1 aliphatic heterocycles. The molecule has 1 saturated carbocycles. The summed E-state index contributed by atoms with van der Waals surface area (Å²) in [7, 11) is 0. The lowest BCUT2D eigenvalue weighted by Gasteiger charge is -2.22. The molecule has 1 aromatic rings. The van der Waals surface area contributed by atoms with Gasteiger partial charge < -0.3 is 10.0 Å². The van der Waals surface area contributed by atoms with Crippen molar-refractivity contribution >= 4 is 22.6 Å². The van der Waals surface area contributed by atoms with Crippen LogP contribution in [0.2, 0.25) is 0 Å². The zero-order valence-corrected chi connectivity index (χ0v) is 10.5. The third-order valence-electron chi connectivity index (χ3n) is 3.91. The highest BCUT2D eigenvalue weighted by atomic mass is 32.1. The third-order valence-corrected chi connectivity index (χ3v) is 4.75. The topological polar surface area (TPSA) is 66.3 Å². The number of carbonyl (C=O) groups is 1. The van der Waals surface area contributed by atoms with Crippen molar-refractivity contribution < 1.29 is 9.90 Å². The van der Waals surface area contributed by atoms with E-state index in [9.17, 15) is 9.90 Å². The number of aliphatic carboxylic acids is 1. The Bertz CT molecular complexity index is 448. The third kappa shape index (κ3) is 1.71. The molecule has 2 aliphatic rings. The molecule has 3 rings (SSSR count). The first-order valence-electron chi connectivity index (χ1n) is 5.96. The number of rotatable bonds is 2. The fraction of sp³-hybridized carbons (Fsp3) is 0.727. The van der Waals surface area contributed by atoms with E-state index in [1.54, 1.807) is 0 Å². The van der Waals surface area contributed by atoms with Crippen molar-refractivity contribution in [2.24, 2.45) is 11.8 Å². The standard InChI is InChI=1S/C11H15N3O2S/c1-6-12-11(17-13-6)14-5-7-3-2-4-8(7)9(14)10(15)16/h7-9H,2-5H2,1H3,(H,15,16). The van der Waals surface area contributed by atoms with Crippen molar-refractivity contribution in [3.63, 3.8) is 0 Å². The van der Waals surface area contributed by atoms with Gasteiger partial charge in [-0.1, -0.05) is 6.42 Å². The summed E-state index contributed by atoms with van der Waals surface area (Å²) in [5.74, 6) is 0.843. The van der Waals surface area contributed by atoms with Crippen molar-refractivity contribution in [2.75, 3.05) is 11.4 Å². The lowest BCUT2D eigenvalue weighted by molar-refractivity contribution is -0.139. The van der Waals surface area contributed by atoms with Gasteiger partial charge >= 0.3 is 5.97 Å². The lowest BCUT2D eigenvalue weighted by Crippen LogP contribution is -2.39. The molecule has 17 heavy (non-hydrogen) atoms. The maximum Gasteiger partial charge on any atom is 0.326 e. The highest BCUT2D eigenvalue weighted by Gasteiger charge is 2.48. The van der Waals surface area contributed by atoms with Gasteiger partial charge in [-0.15, -0.1) is 0 Å². The predicted octanol–water partition coefficient (Wildman–Crippen LogP) is 1.54. The number of fused-ring (bicyclic) bond motifs is 1. The lowest BCUT2D eigenvalue weighted by atomic mass is 9.94. The summed E-state index contributed by atoms with van der Waals surface area (Å²) in [6, 6.07) is -0.394. The summed E-state index contributed by atoms with van der Waals surface area (Å²) < 4.78 is 4.14. The van der Waals surface area contributed by atoms with E-state index in [1.165, 1.54) is 18.0 Å². The summed E-state index contributed by atoms with van der Waals surface area (Å²) in [5, 5.41) is 10.2. The van der Waals surface area contributed by atoms with Gasteiger partial charge in [0.05, 0.1) is 0 Å². The number of hydrogen-bond acceptors (Lipinski definition) is 5. The van der Waals surface area contributed by atoms with E-state index in [-0.39, 0.29) is 0 Å². The minimum absolute atomic E-state index is 0.303. The largest absolute Gasteiger partial charge is 0.480 e. The van der Waals surface area contributed by atoms with Crippen LogP contribution in [0, 0.1) is 18.8 Å². The van der Waals surface area contributed by atoms with E-state index < -0.39 is 12.0 Å². The van der Waals surface area contributed by atoms with E-state index in [4.69, 9.17) is 0 Å². The van der Waals surface area contributed by atoms with Crippen LogP contribution >= 0.6 is 11.5 Å². The molecule has 2 fully saturated rings. The van der Waals surface area contributed by atoms with E-state index in [1.807, 2.05) is 11.8 Å². The van der Waals surface area contributed by atoms with Crippen molar-refractivity contribution in [1.82, 2.24) is 9.36 Å². The molecule has 92 valence electrons. The van der Waals surface area contributed by atoms with E-state index in [2.05, 4.69) is 9.36 Å².